The van der Waals surface area contributed by atoms with Crippen LogP contribution >= 0.6 is 11.8 Å². The second-order valence-electron chi connectivity index (χ2n) is 5.78. The second-order valence-corrected chi connectivity index (χ2v) is 6.88. The molecule has 0 saturated heterocycles. The molecule has 136 valence electrons. The molecule has 0 fully saturated rings. The normalized spacial score (nSPS) is 11.1. The summed E-state index contributed by atoms with van der Waals surface area (Å²) >= 11 is 1.59. The van der Waals surface area contributed by atoms with E-state index in [4.69, 9.17) is 0 Å². The lowest BCUT2D eigenvalue weighted by atomic mass is 10.1. The summed E-state index contributed by atoms with van der Waals surface area (Å²) in [5, 5.41) is 6.85. The number of thioether (sulfide) groups is 1. The number of carbonyl (C=O) groups is 2. The first kappa shape index (κ1) is 19.7. The molecule has 0 bridgehead atoms. The zero-order valence-electron chi connectivity index (χ0n) is 15.0. The SMILES string of the molecule is CC(=O)Nc1ccc(/C(C)=N\NC(=O)CSCCc2ccccc2)cc1. The molecule has 0 atom stereocenters. The maximum Gasteiger partial charge on any atom is 0.250 e. The Kier molecular flexibility index (Phi) is 7.89. The number of hydrogen-bond donors (Lipinski definition) is 2. The average Bonchev–Trinajstić information content (AvgIpc) is 2.64. The fourth-order valence-electron chi connectivity index (χ4n) is 2.24. The molecule has 0 heterocycles. The van der Waals surface area contributed by atoms with Gasteiger partial charge in [0, 0.05) is 12.6 Å². The van der Waals surface area contributed by atoms with Crippen LogP contribution in [0.4, 0.5) is 5.69 Å². The van der Waals surface area contributed by atoms with Gasteiger partial charge in [-0.3, -0.25) is 9.59 Å². The number of nitrogens with one attached hydrogen (secondary N) is 2. The number of hydrazone groups is 1. The predicted octanol–water partition coefficient (Wildman–Crippen LogP) is 3.46. The van der Waals surface area contributed by atoms with Crippen molar-refractivity contribution in [3.05, 3.63) is 65.7 Å². The lowest BCUT2D eigenvalue weighted by Crippen LogP contribution is -2.21. The smallest absolute Gasteiger partial charge is 0.250 e. The zero-order chi connectivity index (χ0) is 18.8. The highest BCUT2D eigenvalue weighted by molar-refractivity contribution is 7.99. The van der Waals surface area contributed by atoms with Crippen LogP contribution in [0.1, 0.15) is 25.0 Å². The summed E-state index contributed by atoms with van der Waals surface area (Å²) in [5.41, 5.74) is 6.18. The van der Waals surface area contributed by atoms with Crippen molar-refractivity contribution in [3.63, 3.8) is 0 Å². The Morgan fingerprint density at radius 3 is 2.35 bits per heavy atom. The molecule has 6 heteroatoms. The number of anilines is 1. The Morgan fingerprint density at radius 2 is 1.69 bits per heavy atom. The third-order valence-corrected chi connectivity index (χ3v) is 4.54. The summed E-state index contributed by atoms with van der Waals surface area (Å²) in [6.45, 7) is 3.30. The van der Waals surface area contributed by atoms with Crippen molar-refractivity contribution in [2.24, 2.45) is 5.10 Å². The largest absolute Gasteiger partial charge is 0.326 e. The Balaban J connectivity index is 1.73. The van der Waals surface area contributed by atoms with E-state index in [2.05, 4.69) is 28.0 Å². The van der Waals surface area contributed by atoms with Crippen LogP contribution in [0.25, 0.3) is 0 Å². The van der Waals surface area contributed by atoms with E-state index in [1.165, 1.54) is 12.5 Å². The zero-order valence-corrected chi connectivity index (χ0v) is 15.8. The fourth-order valence-corrected chi connectivity index (χ4v) is 3.01. The van der Waals surface area contributed by atoms with Crippen LogP contribution in [0.3, 0.4) is 0 Å². The summed E-state index contributed by atoms with van der Waals surface area (Å²) < 4.78 is 0. The van der Waals surface area contributed by atoms with Gasteiger partial charge in [0.1, 0.15) is 0 Å². The summed E-state index contributed by atoms with van der Waals surface area (Å²) in [4.78, 5) is 22.9. The van der Waals surface area contributed by atoms with Gasteiger partial charge in [-0.15, -0.1) is 0 Å². The molecule has 5 nitrogen and oxygen atoms in total. The van der Waals surface area contributed by atoms with Crippen molar-refractivity contribution < 1.29 is 9.59 Å². The molecule has 2 rings (SSSR count). The highest BCUT2D eigenvalue weighted by Crippen LogP contribution is 2.10. The minimum atomic E-state index is -0.114. The quantitative estimate of drug-likeness (QED) is 0.425. The first-order chi connectivity index (χ1) is 12.5. The topological polar surface area (TPSA) is 70.6 Å². The summed E-state index contributed by atoms with van der Waals surface area (Å²) in [6, 6.07) is 17.5. The van der Waals surface area contributed by atoms with Gasteiger partial charge in [0.15, 0.2) is 0 Å². The van der Waals surface area contributed by atoms with Crippen LogP contribution in [-0.4, -0.2) is 29.0 Å². The molecule has 26 heavy (non-hydrogen) atoms. The van der Waals surface area contributed by atoms with Crippen molar-refractivity contribution in [2.75, 3.05) is 16.8 Å². The van der Waals surface area contributed by atoms with E-state index in [-0.39, 0.29) is 11.8 Å². The molecule has 2 aromatic rings. The van der Waals surface area contributed by atoms with E-state index >= 15 is 0 Å². The lowest BCUT2D eigenvalue weighted by Gasteiger charge is -2.05. The van der Waals surface area contributed by atoms with Crippen molar-refractivity contribution in [1.82, 2.24) is 5.43 Å². The van der Waals surface area contributed by atoms with Gasteiger partial charge in [-0.05, 0) is 42.4 Å². The molecule has 0 aromatic heterocycles. The molecular formula is C20H23N3O2S. The number of hydrogen-bond acceptors (Lipinski definition) is 4. The van der Waals surface area contributed by atoms with Gasteiger partial charge in [-0.1, -0.05) is 42.5 Å². The molecule has 0 radical (unpaired) electrons. The van der Waals surface area contributed by atoms with Gasteiger partial charge in [-0.2, -0.15) is 16.9 Å². The van der Waals surface area contributed by atoms with Crippen molar-refractivity contribution in [1.29, 1.82) is 0 Å². The standard InChI is InChI=1S/C20H23N3O2S/c1-15(18-8-10-19(11-9-18)21-16(2)24)22-23-20(25)14-26-13-12-17-6-4-3-5-7-17/h3-11H,12-14H2,1-2H3,(H,21,24)(H,23,25)/b22-15-. The number of carbonyl (C=O) groups excluding carboxylic acids is 2. The average molecular weight is 369 g/mol. The minimum absolute atomic E-state index is 0.111. The number of benzene rings is 2. The third-order valence-electron chi connectivity index (χ3n) is 3.58. The maximum absolute atomic E-state index is 11.9. The van der Waals surface area contributed by atoms with Crippen LogP contribution in [0.2, 0.25) is 0 Å². The molecule has 2 amide bonds. The number of rotatable bonds is 8. The van der Waals surface area contributed by atoms with Crippen molar-refractivity contribution in [3.8, 4) is 0 Å². The molecule has 0 saturated carbocycles. The van der Waals surface area contributed by atoms with E-state index in [1.807, 2.05) is 37.3 Å². The van der Waals surface area contributed by atoms with E-state index < -0.39 is 0 Å². The number of aryl methyl sites for hydroxylation is 1. The molecular weight excluding hydrogens is 346 g/mol. The predicted molar refractivity (Wildman–Crippen MR) is 109 cm³/mol. The Bertz CT molecular complexity index is 758. The highest BCUT2D eigenvalue weighted by Gasteiger charge is 2.03. The van der Waals surface area contributed by atoms with Gasteiger partial charge in [0.2, 0.25) is 11.8 Å². The van der Waals surface area contributed by atoms with E-state index in [0.29, 0.717) is 11.5 Å². The van der Waals surface area contributed by atoms with E-state index in [9.17, 15) is 9.59 Å². The van der Waals surface area contributed by atoms with Crippen LogP contribution in [0, 0.1) is 0 Å². The van der Waals surface area contributed by atoms with E-state index in [1.54, 1.807) is 23.9 Å². The highest BCUT2D eigenvalue weighted by atomic mass is 32.2. The maximum atomic E-state index is 11.9. The lowest BCUT2D eigenvalue weighted by molar-refractivity contribution is -0.118. The molecule has 0 aliphatic heterocycles. The number of amides is 2. The van der Waals surface area contributed by atoms with Crippen molar-refractivity contribution in [2.45, 2.75) is 20.3 Å². The van der Waals surface area contributed by atoms with Crippen LogP contribution in [0.5, 0.6) is 0 Å². The Morgan fingerprint density at radius 1 is 1.00 bits per heavy atom. The van der Waals surface area contributed by atoms with Crippen LogP contribution in [-0.2, 0) is 16.0 Å². The molecule has 0 aliphatic carbocycles. The monoisotopic (exact) mass is 369 g/mol. The summed E-state index contributed by atoms with van der Waals surface area (Å²) in [6.07, 6.45) is 0.946. The molecule has 0 aliphatic rings. The molecule has 0 spiro atoms. The molecule has 2 aromatic carbocycles. The number of nitrogens with zero attached hydrogens (tertiary/aromatic N) is 1. The minimum Gasteiger partial charge on any atom is -0.326 e. The van der Waals surface area contributed by atoms with Crippen LogP contribution < -0.4 is 10.7 Å². The summed E-state index contributed by atoms with van der Waals surface area (Å²) in [5.74, 6) is 1.05. The fraction of sp³-hybridized carbons (Fsp3) is 0.250. The van der Waals surface area contributed by atoms with Gasteiger partial charge >= 0.3 is 0 Å². The Hall–Kier alpha value is -2.60. The van der Waals surface area contributed by atoms with Crippen LogP contribution in [0.15, 0.2) is 59.7 Å². The van der Waals surface area contributed by atoms with Gasteiger partial charge in [-0.25, -0.2) is 5.43 Å². The Labute approximate surface area is 158 Å². The first-order valence-corrected chi connectivity index (χ1v) is 9.53. The van der Waals surface area contributed by atoms with E-state index in [0.717, 1.165) is 23.4 Å². The molecule has 2 N–H and O–H groups in total. The van der Waals surface area contributed by atoms with Gasteiger partial charge in [0.05, 0.1) is 11.5 Å². The van der Waals surface area contributed by atoms with Gasteiger partial charge < -0.3 is 5.32 Å². The summed E-state index contributed by atoms with van der Waals surface area (Å²) in [7, 11) is 0. The van der Waals surface area contributed by atoms with Crippen molar-refractivity contribution >= 4 is 35.0 Å². The third kappa shape index (κ3) is 7.11. The first-order valence-electron chi connectivity index (χ1n) is 8.37. The van der Waals surface area contributed by atoms with Gasteiger partial charge in [0.25, 0.3) is 0 Å². The molecule has 0 unspecified atom stereocenters. The second kappa shape index (κ2) is 10.4.